The van der Waals surface area contributed by atoms with E-state index < -0.39 is 10.0 Å². The molecule has 2 rings (SSSR count). The predicted molar refractivity (Wildman–Crippen MR) is 124 cm³/mol. The van der Waals surface area contributed by atoms with E-state index in [2.05, 4.69) is 16.2 Å². The summed E-state index contributed by atoms with van der Waals surface area (Å²) in [5.74, 6) is -0.399. The maximum absolute atomic E-state index is 12.8. The highest BCUT2D eigenvalue weighted by atomic mass is 32.2. The smallest absolute Gasteiger partial charge is 0.257 e. The van der Waals surface area contributed by atoms with Crippen molar-refractivity contribution in [2.24, 2.45) is 0 Å². The lowest BCUT2D eigenvalue weighted by Crippen LogP contribution is -2.48. The Kier molecular flexibility index (Phi) is 9.20. The molecule has 1 fully saturated rings. The van der Waals surface area contributed by atoms with Crippen molar-refractivity contribution in [2.45, 2.75) is 51.3 Å². The molecule has 1 aliphatic rings. The number of hydrazine groups is 1. The minimum Gasteiger partial charge on any atom is -0.333 e. The number of nitrogens with zero attached hydrogens (tertiary/aromatic N) is 2. The molecule has 0 spiro atoms. The molecule has 0 aromatic heterocycles. The fourth-order valence-corrected chi connectivity index (χ4v) is 4.95. The molecule has 11 heteroatoms. The molecular formula is C20H31N5O4S2. The number of sulfonamides is 1. The number of benzene rings is 1. The molecule has 3 N–H and O–H groups in total. The van der Waals surface area contributed by atoms with Crippen molar-refractivity contribution in [2.75, 3.05) is 31.5 Å². The molecule has 0 atom stereocenters. The maximum atomic E-state index is 12.8. The van der Waals surface area contributed by atoms with E-state index in [4.69, 9.17) is 12.2 Å². The summed E-state index contributed by atoms with van der Waals surface area (Å²) >= 11 is 5.22. The number of rotatable bonds is 7. The van der Waals surface area contributed by atoms with Crippen LogP contribution in [-0.2, 0) is 19.6 Å². The van der Waals surface area contributed by atoms with E-state index >= 15 is 0 Å². The topological polar surface area (TPSA) is 111 Å². The Morgan fingerprint density at radius 2 is 1.87 bits per heavy atom. The summed E-state index contributed by atoms with van der Waals surface area (Å²) in [5, 5.41) is 3.02. The molecule has 1 aliphatic heterocycles. The lowest BCUT2D eigenvalue weighted by atomic mass is 10.2. The predicted octanol–water partition coefficient (Wildman–Crippen LogP) is 1.75. The number of thiocarbonyl (C=S) groups is 1. The molecule has 2 amide bonds. The van der Waals surface area contributed by atoms with Crippen LogP contribution in [0.15, 0.2) is 23.1 Å². The van der Waals surface area contributed by atoms with Gasteiger partial charge in [0.05, 0.1) is 4.90 Å². The van der Waals surface area contributed by atoms with Gasteiger partial charge in [-0.05, 0) is 49.7 Å². The van der Waals surface area contributed by atoms with Gasteiger partial charge in [0.1, 0.15) is 6.54 Å². The lowest BCUT2D eigenvalue weighted by Gasteiger charge is -2.21. The average Bonchev–Trinajstić information content (AvgIpc) is 2.93. The number of hydrogen-bond acceptors (Lipinski definition) is 5. The third kappa shape index (κ3) is 6.88. The first-order valence-corrected chi connectivity index (χ1v) is 12.3. The van der Waals surface area contributed by atoms with Crippen molar-refractivity contribution >= 4 is 44.9 Å². The van der Waals surface area contributed by atoms with Crippen molar-refractivity contribution in [1.82, 2.24) is 20.1 Å². The first-order chi connectivity index (χ1) is 14.7. The quantitative estimate of drug-likeness (QED) is 0.412. The summed E-state index contributed by atoms with van der Waals surface area (Å²) in [4.78, 5) is 25.9. The molecule has 1 aromatic rings. The van der Waals surface area contributed by atoms with E-state index in [1.165, 1.54) is 10.4 Å². The zero-order chi connectivity index (χ0) is 23.0. The van der Waals surface area contributed by atoms with E-state index in [0.717, 1.165) is 24.8 Å². The second-order valence-electron chi connectivity index (χ2n) is 7.32. The van der Waals surface area contributed by atoms with Crippen LogP contribution < -0.4 is 16.2 Å². The van der Waals surface area contributed by atoms with Crippen LogP contribution in [0.2, 0.25) is 0 Å². The molecule has 0 radical (unpaired) electrons. The molecule has 0 aliphatic carbocycles. The third-order valence-electron chi connectivity index (χ3n) is 5.12. The van der Waals surface area contributed by atoms with Gasteiger partial charge >= 0.3 is 0 Å². The number of likely N-dealkylation sites (tertiary alicyclic amines) is 1. The molecule has 9 nitrogen and oxygen atoms in total. The second-order valence-corrected chi connectivity index (χ2v) is 9.67. The van der Waals surface area contributed by atoms with E-state index in [1.54, 1.807) is 30.9 Å². The van der Waals surface area contributed by atoms with Crippen LogP contribution in [0.3, 0.4) is 0 Å². The van der Waals surface area contributed by atoms with E-state index in [9.17, 15) is 18.0 Å². The normalized spacial score (nSPS) is 14.8. The number of aryl methyl sites for hydroxylation is 1. The fraction of sp³-hybridized carbons (Fsp3) is 0.550. The number of carbonyl (C=O) groups is 2. The van der Waals surface area contributed by atoms with Crippen LogP contribution in [0.5, 0.6) is 0 Å². The van der Waals surface area contributed by atoms with Crippen LogP contribution >= 0.6 is 12.2 Å². The van der Waals surface area contributed by atoms with E-state index in [1.807, 2.05) is 6.92 Å². The molecule has 172 valence electrons. The highest BCUT2D eigenvalue weighted by Gasteiger charge is 2.22. The van der Waals surface area contributed by atoms with Gasteiger partial charge in [0.25, 0.3) is 5.91 Å². The molecule has 1 heterocycles. The standard InChI is InChI=1S/C20H31N5O4S2/c1-4-25(5-2)31(28,29)16-11-10-15(3)17(13-16)21-20(30)23-22-18(26)14-24-12-8-6-7-9-19(24)27/h10-11,13H,4-9,12,14H2,1-3H3,(H,22,26)(H2,21,23,30). The molecule has 0 bridgehead atoms. The number of carbonyl (C=O) groups excluding carboxylic acids is 2. The number of nitrogens with one attached hydrogen (secondary N) is 3. The van der Waals surface area contributed by atoms with Gasteiger partial charge in [0.2, 0.25) is 15.9 Å². The van der Waals surface area contributed by atoms with Crippen molar-refractivity contribution < 1.29 is 18.0 Å². The maximum Gasteiger partial charge on any atom is 0.257 e. The van der Waals surface area contributed by atoms with Gasteiger partial charge in [-0.3, -0.25) is 20.4 Å². The zero-order valence-corrected chi connectivity index (χ0v) is 19.9. The Hall–Kier alpha value is -2.24. The minimum absolute atomic E-state index is 0.0183. The van der Waals surface area contributed by atoms with Crippen LogP contribution in [-0.4, -0.2) is 60.7 Å². The lowest BCUT2D eigenvalue weighted by molar-refractivity contribution is -0.135. The number of anilines is 1. The Morgan fingerprint density at radius 3 is 2.55 bits per heavy atom. The molecule has 1 aromatic carbocycles. The summed E-state index contributed by atoms with van der Waals surface area (Å²) in [5.41, 5.74) is 6.40. The van der Waals surface area contributed by atoms with E-state index in [-0.39, 0.29) is 28.4 Å². The Morgan fingerprint density at radius 1 is 1.16 bits per heavy atom. The molecule has 31 heavy (non-hydrogen) atoms. The van der Waals surface area contributed by atoms with Crippen molar-refractivity contribution in [3.05, 3.63) is 23.8 Å². The highest BCUT2D eigenvalue weighted by molar-refractivity contribution is 7.89. The van der Waals surface area contributed by atoms with Crippen LogP contribution in [0.25, 0.3) is 0 Å². The summed E-state index contributed by atoms with van der Waals surface area (Å²) in [7, 11) is -3.60. The van der Waals surface area contributed by atoms with Gasteiger partial charge in [0.15, 0.2) is 5.11 Å². The first kappa shape index (κ1) is 25.0. The van der Waals surface area contributed by atoms with Gasteiger partial charge in [-0.1, -0.05) is 26.3 Å². The monoisotopic (exact) mass is 469 g/mol. The third-order valence-corrected chi connectivity index (χ3v) is 7.37. The highest BCUT2D eigenvalue weighted by Crippen LogP contribution is 2.23. The van der Waals surface area contributed by atoms with Crippen LogP contribution in [0.4, 0.5) is 5.69 Å². The summed E-state index contributed by atoms with van der Waals surface area (Å²) < 4.78 is 26.9. The zero-order valence-electron chi connectivity index (χ0n) is 18.2. The average molecular weight is 470 g/mol. The van der Waals surface area contributed by atoms with Crippen molar-refractivity contribution in [1.29, 1.82) is 0 Å². The second kappa shape index (κ2) is 11.4. The fourth-order valence-electron chi connectivity index (χ4n) is 3.31. The molecule has 0 unspecified atom stereocenters. The van der Waals surface area contributed by atoms with E-state index in [0.29, 0.717) is 31.7 Å². The molecular weight excluding hydrogens is 438 g/mol. The van der Waals surface area contributed by atoms with Crippen molar-refractivity contribution in [3.8, 4) is 0 Å². The summed E-state index contributed by atoms with van der Waals surface area (Å²) in [6.45, 7) is 6.68. The van der Waals surface area contributed by atoms with Crippen LogP contribution in [0.1, 0.15) is 45.1 Å². The Bertz CT molecular complexity index is 916. The van der Waals surface area contributed by atoms with Gasteiger partial charge in [-0.15, -0.1) is 0 Å². The molecule has 1 saturated heterocycles. The first-order valence-electron chi connectivity index (χ1n) is 10.4. The van der Waals surface area contributed by atoms with Gasteiger partial charge in [-0.25, -0.2) is 8.42 Å². The number of amides is 2. The number of hydrogen-bond donors (Lipinski definition) is 3. The Labute approximate surface area is 189 Å². The van der Waals surface area contributed by atoms with Gasteiger partial charge < -0.3 is 10.2 Å². The summed E-state index contributed by atoms with van der Waals surface area (Å²) in [6.07, 6.45) is 3.19. The van der Waals surface area contributed by atoms with Gasteiger partial charge in [-0.2, -0.15) is 4.31 Å². The van der Waals surface area contributed by atoms with Gasteiger partial charge in [0, 0.05) is 31.7 Å². The molecule has 0 saturated carbocycles. The minimum atomic E-state index is -3.60. The summed E-state index contributed by atoms with van der Waals surface area (Å²) in [6, 6.07) is 4.78. The Balaban J connectivity index is 1.97. The largest absolute Gasteiger partial charge is 0.333 e. The van der Waals surface area contributed by atoms with Crippen molar-refractivity contribution in [3.63, 3.8) is 0 Å². The SMILES string of the molecule is CCN(CC)S(=O)(=O)c1ccc(C)c(NC(=S)NNC(=O)CN2CCCCCC2=O)c1. The van der Waals surface area contributed by atoms with Crippen LogP contribution in [0, 0.1) is 6.92 Å².